The Morgan fingerprint density at radius 1 is 1.29 bits per heavy atom. The molecule has 1 aliphatic rings. The molecule has 2 N–H and O–H groups in total. The number of rotatable bonds is 7. The highest BCUT2D eigenvalue weighted by molar-refractivity contribution is 7.89. The number of hydrogen-bond acceptors (Lipinski definition) is 3. The first-order chi connectivity index (χ1) is 9.81. The summed E-state index contributed by atoms with van der Waals surface area (Å²) in [4.78, 5) is -0.495. The van der Waals surface area contributed by atoms with Crippen molar-refractivity contribution in [3.63, 3.8) is 0 Å². The molecule has 1 aromatic rings. The van der Waals surface area contributed by atoms with Crippen LogP contribution in [0.2, 0.25) is 0 Å². The highest BCUT2D eigenvalue weighted by Gasteiger charge is 2.27. The third kappa shape index (κ3) is 4.21. The van der Waals surface area contributed by atoms with Gasteiger partial charge >= 0.3 is 0 Å². The quantitative estimate of drug-likeness (QED) is 0.810. The molecular formula is C14H20F2N2O2S. The molecule has 0 heterocycles. The molecule has 21 heavy (non-hydrogen) atoms. The van der Waals surface area contributed by atoms with Crippen LogP contribution in [0.15, 0.2) is 17.0 Å². The van der Waals surface area contributed by atoms with Gasteiger partial charge in [-0.15, -0.1) is 0 Å². The fraction of sp³-hybridized carbons (Fsp3) is 0.571. The van der Waals surface area contributed by atoms with Gasteiger partial charge in [-0.3, -0.25) is 0 Å². The molecule has 0 radical (unpaired) electrons. The normalized spacial score (nSPS) is 15.7. The number of benzene rings is 1. The van der Waals surface area contributed by atoms with Gasteiger partial charge in [-0.05, 0) is 30.9 Å². The molecule has 4 nitrogen and oxygen atoms in total. The van der Waals surface area contributed by atoms with Crippen molar-refractivity contribution in [3.8, 4) is 0 Å². The predicted octanol–water partition coefficient (Wildman–Crippen LogP) is 2.15. The third-order valence-corrected chi connectivity index (χ3v) is 4.83. The number of hydrogen-bond donors (Lipinski definition) is 2. The van der Waals surface area contributed by atoms with Crippen molar-refractivity contribution in [1.82, 2.24) is 10.0 Å². The van der Waals surface area contributed by atoms with Crippen molar-refractivity contribution in [2.75, 3.05) is 6.54 Å². The number of nitrogens with one attached hydrogen (secondary N) is 2. The Morgan fingerprint density at radius 2 is 1.95 bits per heavy atom. The molecule has 1 fully saturated rings. The molecule has 1 aromatic carbocycles. The molecule has 0 spiro atoms. The SMILES string of the molecule is CC(C)NCc1c(F)ccc(S(=O)(=O)NCC2CC2)c1F. The summed E-state index contributed by atoms with van der Waals surface area (Å²) in [6, 6.07) is 2.00. The van der Waals surface area contributed by atoms with Gasteiger partial charge in [-0.1, -0.05) is 13.8 Å². The molecule has 0 unspecified atom stereocenters. The molecule has 0 atom stereocenters. The second kappa shape index (κ2) is 6.37. The molecule has 118 valence electrons. The molecule has 0 aliphatic heterocycles. The first-order valence-corrected chi connectivity index (χ1v) is 8.49. The maximum absolute atomic E-state index is 14.3. The smallest absolute Gasteiger partial charge is 0.243 e. The second-order valence-electron chi connectivity index (χ2n) is 5.67. The lowest BCUT2D eigenvalue weighted by Gasteiger charge is -2.13. The summed E-state index contributed by atoms with van der Waals surface area (Å²) in [5, 5.41) is 2.89. The summed E-state index contributed by atoms with van der Waals surface area (Å²) in [6.45, 7) is 3.93. The van der Waals surface area contributed by atoms with Crippen LogP contribution in [0.4, 0.5) is 8.78 Å². The van der Waals surface area contributed by atoms with Crippen LogP contribution in [0.5, 0.6) is 0 Å². The van der Waals surface area contributed by atoms with E-state index in [0.717, 1.165) is 25.0 Å². The molecule has 1 aliphatic carbocycles. The van der Waals surface area contributed by atoms with Crippen LogP contribution in [0.25, 0.3) is 0 Å². The first kappa shape index (κ1) is 16.3. The van der Waals surface area contributed by atoms with Gasteiger partial charge in [0.25, 0.3) is 0 Å². The lowest BCUT2D eigenvalue weighted by atomic mass is 10.2. The Balaban J connectivity index is 2.24. The Morgan fingerprint density at radius 3 is 2.52 bits per heavy atom. The highest BCUT2D eigenvalue weighted by Crippen LogP contribution is 2.28. The maximum Gasteiger partial charge on any atom is 0.243 e. The molecular weight excluding hydrogens is 298 g/mol. The van der Waals surface area contributed by atoms with Crippen LogP contribution >= 0.6 is 0 Å². The van der Waals surface area contributed by atoms with Gasteiger partial charge in [-0.2, -0.15) is 0 Å². The number of halogens is 2. The van der Waals surface area contributed by atoms with Crippen LogP contribution in [0.3, 0.4) is 0 Å². The Hall–Kier alpha value is -1.05. The van der Waals surface area contributed by atoms with Gasteiger partial charge in [0.05, 0.1) is 0 Å². The van der Waals surface area contributed by atoms with Crippen molar-refractivity contribution >= 4 is 10.0 Å². The molecule has 0 bridgehead atoms. The molecule has 2 rings (SSSR count). The molecule has 0 amide bonds. The van der Waals surface area contributed by atoms with E-state index >= 15 is 0 Å². The van der Waals surface area contributed by atoms with Crippen molar-refractivity contribution in [2.45, 2.75) is 44.2 Å². The van der Waals surface area contributed by atoms with Crippen molar-refractivity contribution in [3.05, 3.63) is 29.3 Å². The summed E-state index contributed by atoms with van der Waals surface area (Å²) >= 11 is 0. The van der Waals surface area contributed by atoms with Gasteiger partial charge < -0.3 is 5.32 Å². The fourth-order valence-corrected chi connectivity index (χ4v) is 3.10. The topological polar surface area (TPSA) is 58.2 Å². The average Bonchev–Trinajstić information content (AvgIpc) is 3.19. The lowest BCUT2D eigenvalue weighted by Crippen LogP contribution is -2.28. The second-order valence-corrected chi connectivity index (χ2v) is 7.40. The van der Waals surface area contributed by atoms with Crippen LogP contribution in [0.1, 0.15) is 32.3 Å². The Labute approximate surface area is 124 Å². The third-order valence-electron chi connectivity index (χ3n) is 3.39. The van der Waals surface area contributed by atoms with Crippen LogP contribution in [-0.2, 0) is 16.6 Å². The molecule has 0 saturated heterocycles. The molecule has 0 aromatic heterocycles. The van der Waals surface area contributed by atoms with Crippen LogP contribution in [0, 0.1) is 17.6 Å². The van der Waals surface area contributed by atoms with E-state index in [4.69, 9.17) is 0 Å². The van der Waals surface area contributed by atoms with Crippen LogP contribution in [-0.4, -0.2) is 21.0 Å². The van der Waals surface area contributed by atoms with Gasteiger partial charge in [0.1, 0.15) is 10.7 Å². The van der Waals surface area contributed by atoms with Crippen LogP contribution < -0.4 is 10.0 Å². The largest absolute Gasteiger partial charge is 0.310 e. The van der Waals surface area contributed by atoms with E-state index in [1.165, 1.54) is 0 Å². The van der Waals surface area contributed by atoms with Crippen molar-refractivity contribution in [2.24, 2.45) is 5.92 Å². The lowest BCUT2D eigenvalue weighted by molar-refractivity contribution is 0.497. The zero-order valence-corrected chi connectivity index (χ0v) is 12.9. The standard InChI is InChI=1S/C14H20F2N2O2S/c1-9(2)17-8-11-12(15)5-6-13(14(11)16)21(19,20)18-7-10-3-4-10/h5-6,9-10,17-18H,3-4,7-8H2,1-2H3. The van der Waals surface area contributed by atoms with Gasteiger partial charge in [0.2, 0.25) is 10.0 Å². The van der Waals surface area contributed by atoms with E-state index < -0.39 is 26.6 Å². The fourth-order valence-electron chi connectivity index (χ4n) is 1.88. The summed E-state index contributed by atoms with van der Waals surface area (Å²) in [7, 11) is -3.94. The van der Waals surface area contributed by atoms with Gasteiger partial charge in [0, 0.05) is 24.7 Å². The van der Waals surface area contributed by atoms with E-state index in [0.29, 0.717) is 12.5 Å². The van der Waals surface area contributed by atoms with Gasteiger partial charge in [-0.25, -0.2) is 21.9 Å². The highest BCUT2D eigenvalue weighted by atomic mass is 32.2. The zero-order chi connectivity index (χ0) is 15.6. The van der Waals surface area contributed by atoms with Crippen molar-refractivity contribution in [1.29, 1.82) is 0 Å². The minimum absolute atomic E-state index is 0.0389. The predicted molar refractivity (Wildman–Crippen MR) is 76.2 cm³/mol. The Bertz CT molecular complexity index is 614. The number of sulfonamides is 1. The molecule has 7 heteroatoms. The minimum atomic E-state index is -3.94. The summed E-state index contributed by atoms with van der Waals surface area (Å²) in [5.41, 5.74) is -0.252. The van der Waals surface area contributed by atoms with E-state index in [2.05, 4.69) is 10.0 Å². The van der Waals surface area contributed by atoms with Gasteiger partial charge in [0.15, 0.2) is 5.82 Å². The minimum Gasteiger partial charge on any atom is -0.310 e. The summed E-state index contributed by atoms with van der Waals surface area (Å²) in [6.07, 6.45) is 1.97. The monoisotopic (exact) mass is 318 g/mol. The maximum atomic E-state index is 14.3. The van der Waals surface area contributed by atoms with Crippen molar-refractivity contribution < 1.29 is 17.2 Å². The van der Waals surface area contributed by atoms with E-state index in [9.17, 15) is 17.2 Å². The Kier molecular flexibility index (Phi) is 4.95. The average molecular weight is 318 g/mol. The van der Waals surface area contributed by atoms with E-state index in [1.54, 1.807) is 0 Å². The van der Waals surface area contributed by atoms with E-state index in [1.807, 2.05) is 13.8 Å². The first-order valence-electron chi connectivity index (χ1n) is 7.01. The molecule has 1 saturated carbocycles. The summed E-state index contributed by atoms with van der Waals surface area (Å²) in [5.74, 6) is -1.43. The summed E-state index contributed by atoms with van der Waals surface area (Å²) < 4.78 is 54.6. The zero-order valence-electron chi connectivity index (χ0n) is 12.1. The van der Waals surface area contributed by atoms with E-state index in [-0.39, 0.29) is 18.2 Å².